The molecular formula is C11H11ClFN3S. The number of aromatic nitrogens is 1. The molecule has 0 aliphatic rings. The lowest BCUT2D eigenvalue weighted by Gasteiger charge is -2.15. The third-order valence-electron chi connectivity index (χ3n) is 2.36. The van der Waals surface area contributed by atoms with Crippen LogP contribution >= 0.6 is 22.9 Å². The first-order chi connectivity index (χ1) is 8.11. The molecule has 0 aliphatic heterocycles. The first kappa shape index (κ1) is 12.4. The summed E-state index contributed by atoms with van der Waals surface area (Å²) in [7, 11) is 0. The highest BCUT2D eigenvalue weighted by Gasteiger charge is 2.18. The van der Waals surface area contributed by atoms with Crippen molar-refractivity contribution in [3.05, 3.63) is 50.7 Å². The molecule has 17 heavy (non-hydrogen) atoms. The number of aryl methyl sites for hydroxylation is 1. The van der Waals surface area contributed by atoms with Crippen molar-refractivity contribution in [1.29, 1.82) is 0 Å². The highest BCUT2D eigenvalue weighted by Crippen LogP contribution is 2.29. The van der Waals surface area contributed by atoms with Crippen molar-refractivity contribution in [2.75, 3.05) is 0 Å². The summed E-state index contributed by atoms with van der Waals surface area (Å²) in [5.74, 6) is 5.10. The Kier molecular flexibility index (Phi) is 3.73. The van der Waals surface area contributed by atoms with Crippen LogP contribution in [0.2, 0.25) is 5.02 Å². The Morgan fingerprint density at radius 2 is 2.29 bits per heavy atom. The van der Waals surface area contributed by atoms with Gasteiger partial charge in [-0.2, -0.15) is 0 Å². The normalized spacial score (nSPS) is 12.7. The van der Waals surface area contributed by atoms with E-state index in [4.69, 9.17) is 17.4 Å². The zero-order valence-corrected chi connectivity index (χ0v) is 10.6. The number of rotatable bonds is 3. The Hall–Kier alpha value is -1.01. The van der Waals surface area contributed by atoms with Crippen molar-refractivity contribution >= 4 is 22.9 Å². The van der Waals surface area contributed by atoms with Gasteiger partial charge in [0.15, 0.2) is 0 Å². The Morgan fingerprint density at radius 1 is 1.53 bits per heavy atom. The molecule has 90 valence electrons. The summed E-state index contributed by atoms with van der Waals surface area (Å²) >= 11 is 7.19. The van der Waals surface area contributed by atoms with Crippen LogP contribution in [0.1, 0.15) is 21.5 Å². The fraction of sp³-hybridized carbons (Fsp3) is 0.182. The number of halogens is 2. The molecule has 2 aromatic rings. The molecule has 3 N–H and O–H groups in total. The van der Waals surface area contributed by atoms with E-state index in [1.807, 2.05) is 6.92 Å². The third-order valence-corrected chi connectivity index (χ3v) is 3.58. The van der Waals surface area contributed by atoms with E-state index in [1.54, 1.807) is 18.3 Å². The number of thiazole rings is 1. The lowest BCUT2D eigenvalue weighted by molar-refractivity contribution is 0.564. The second-order valence-corrected chi connectivity index (χ2v) is 5.25. The Labute approximate surface area is 107 Å². The van der Waals surface area contributed by atoms with Crippen LogP contribution in [-0.2, 0) is 0 Å². The highest BCUT2D eigenvalue weighted by molar-refractivity contribution is 7.11. The minimum absolute atomic E-state index is 0.363. The average molecular weight is 272 g/mol. The number of nitrogens with one attached hydrogen (secondary N) is 1. The molecule has 0 aliphatic carbocycles. The number of hydrogen-bond acceptors (Lipinski definition) is 4. The topological polar surface area (TPSA) is 50.9 Å². The lowest BCUT2D eigenvalue weighted by atomic mass is 10.1. The first-order valence-corrected chi connectivity index (χ1v) is 6.14. The summed E-state index contributed by atoms with van der Waals surface area (Å²) in [6, 6.07) is 4.13. The minimum atomic E-state index is -0.404. The summed E-state index contributed by atoms with van der Waals surface area (Å²) in [5, 5.41) is 1.28. The van der Waals surface area contributed by atoms with Crippen LogP contribution in [-0.4, -0.2) is 4.98 Å². The zero-order valence-electron chi connectivity index (χ0n) is 9.08. The molecule has 2 rings (SSSR count). The van der Waals surface area contributed by atoms with Gasteiger partial charge in [0.2, 0.25) is 0 Å². The van der Waals surface area contributed by atoms with Gasteiger partial charge in [0.1, 0.15) is 5.82 Å². The number of hydrazine groups is 1. The van der Waals surface area contributed by atoms with E-state index in [9.17, 15) is 4.39 Å². The van der Waals surface area contributed by atoms with Gasteiger partial charge in [0.25, 0.3) is 0 Å². The molecule has 0 saturated heterocycles. The van der Waals surface area contributed by atoms with E-state index < -0.39 is 6.04 Å². The van der Waals surface area contributed by atoms with Crippen LogP contribution in [0.25, 0.3) is 0 Å². The minimum Gasteiger partial charge on any atom is -0.271 e. The molecule has 3 nitrogen and oxygen atoms in total. The Bertz CT molecular complexity index is 529. The molecule has 1 heterocycles. The summed E-state index contributed by atoms with van der Waals surface area (Å²) in [4.78, 5) is 5.00. The van der Waals surface area contributed by atoms with Crippen molar-refractivity contribution in [2.45, 2.75) is 13.0 Å². The van der Waals surface area contributed by atoms with Crippen molar-refractivity contribution in [1.82, 2.24) is 10.4 Å². The van der Waals surface area contributed by atoms with Gasteiger partial charge in [0.05, 0.1) is 11.0 Å². The molecule has 0 bridgehead atoms. The number of nitrogens with two attached hydrogens (primary N) is 1. The van der Waals surface area contributed by atoms with Gasteiger partial charge < -0.3 is 0 Å². The van der Waals surface area contributed by atoms with Crippen LogP contribution in [0.3, 0.4) is 0 Å². The molecule has 1 aromatic heterocycles. The van der Waals surface area contributed by atoms with Gasteiger partial charge in [-0.05, 0) is 19.1 Å². The molecule has 0 radical (unpaired) electrons. The maximum Gasteiger partial charge on any atom is 0.129 e. The smallest absolute Gasteiger partial charge is 0.129 e. The van der Waals surface area contributed by atoms with Crippen molar-refractivity contribution in [2.24, 2.45) is 5.84 Å². The lowest BCUT2D eigenvalue weighted by Crippen LogP contribution is -2.28. The Balaban J connectivity index is 2.42. The molecule has 0 amide bonds. The third kappa shape index (κ3) is 2.63. The average Bonchev–Trinajstić information content (AvgIpc) is 2.69. The van der Waals surface area contributed by atoms with Gasteiger partial charge in [-0.3, -0.25) is 5.84 Å². The molecule has 0 spiro atoms. The summed E-state index contributed by atoms with van der Waals surface area (Å²) in [6.07, 6.45) is 1.69. The molecule has 1 aromatic carbocycles. The van der Waals surface area contributed by atoms with Gasteiger partial charge in [-0.25, -0.2) is 14.8 Å². The van der Waals surface area contributed by atoms with Crippen molar-refractivity contribution in [3.8, 4) is 0 Å². The highest BCUT2D eigenvalue weighted by atomic mass is 35.5. The van der Waals surface area contributed by atoms with E-state index in [0.717, 1.165) is 9.88 Å². The SMILES string of the molecule is Cc1ncc(C(NN)c2ccc(Cl)cc2F)s1. The fourth-order valence-corrected chi connectivity index (χ4v) is 2.60. The van der Waals surface area contributed by atoms with E-state index >= 15 is 0 Å². The number of benzene rings is 1. The fourth-order valence-electron chi connectivity index (χ4n) is 1.57. The molecular weight excluding hydrogens is 261 g/mol. The molecule has 0 saturated carbocycles. The van der Waals surface area contributed by atoms with E-state index in [1.165, 1.54) is 17.4 Å². The van der Waals surface area contributed by atoms with Crippen molar-refractivity contribution in [3.63, 3.8) is 0 Å². The predicted octanol–water partition coefficient (Wildman–Crippen LogP) is 2.80. The van der Waals surface area contributed by atoms with E-state index in [0.29, 0.717) is 10.6 Å². The second kappa shape index (κ2) is 5.10. The molecule has 1 unspecified atom stereocenters. The van der Waals surface area contributed by atoms with E-state index in [2.05, 4.69) is 10.4 Å². The monoisotopic (exact) mass is 271 g/mol. The van der Waals surface area contributed by atoms with Gasteiger partial charge in [0, 0.05) is 21.7 Å². The maximum absolute atomic E-state index is 13.8. The zero-order chi connectivity index (χ0) is 12.4. The standard InChI is InChI=1S/C11H11ClFN3S/c1-6-15-5-10(17-6)11(16-14)8-3-2-7(12)4-9(8)13/h2-5,11,16H,14H2,1H3. The maximum atomic E-state index is 13.8. The first-order valence-electron chi connectivity index (χ1n) is 4.95. The predicted molar refractivity (Wildman–Crippen MR) is 67.4 cm³/mol. The Morgan fingerprint density at radius 3 is 2.82 bits per heavy atom. The number of nitrogens with zero attached hydrogens (tertiary/aromatic N) is 1. The summed E-state index contributed by atoms with van der Waals surface area (Å²) < 4.78 is 13.8. The molecule has 1 atom stereocenters. The van der Waals surface area contributed by atoms with Crippen LogP contribution in [0, 0.1) is 12.7 Å². The van der Waals surface area contributed by atoms with Gasteiger partial charge in [-0.15, -0.1) is 11.3 Å². The van der Waals surface area contributed by atoms with Crippen LogP contribution < -0.4 is 11.3 Å². The van der Waals surface area contributed by atoms with Gasteiger partial charge in [-0.1, -0.05) is 17.7 Å². The summed E-state index contributed by atoms with van der Waals surface area (Å²) in [6.45, 7) is 1.89. The van der Waals surface area contributed by atoms with E-state index in [-0.39, 0.29) is 5.82 Å². The van der Waals surface area contributed by atoms with Crippen LogP contribution in [0.4, 0.5) is 4.39 Å². The molecule has 0 fully saturated rings. The van der Waals surface area contributed by atoms with Crippen LogP contribution in [0.15, 0.2) is 24.4 Å². The van der Waals surface area contributed by atoms with Crippen LogP contribution in [0.5, 0.6) is 0 Å². The van der Waals surface area contributed by atoms with Crippen molar-refractivity contribution < 1.29 is 4.39 Å². The second-order valence-electron chi connectivity index (χ2n) is 3.55. The largest absolute Gasteiger partial charge is 0.271 e. The van der Waals surface area contributed by atoms with Gasteiger partial charge >= 0.3 is 0 Å². The quantitative estimate of drug-likeness (QED) is 0.667. The number of hydrogen-bond donors (Lipinski definition) is 2. The molecule has 6 heteroatoms. The summed E-state index contributed by atoms with van der Waals surface area (Å²) in [5.41, 5.74) is 3.05.